The highest BCUT2D eigenvalue weighted by atomic mass is 16.4. The van der Waals surface area contributed by atoms with Crippen molar-refractivity contribution < 1.29 is 34.2 Å². The molecule has 4 unspecified atom stereocenters. The van der Waals surface area contributed by atoms with Crippen LogP contribution in [0.4, 0.5) is 0 Å². The van der Waals surface area contributed by atoms with Crippen LogP contribution in [0.1, 0.15) is 44.1 Å². The lowest BCUT2D eigenvalue weighted by atomic mass is 10.0. The number of carboxylic acid groups (broad SMARTS) is 2. The molecule has 1 aromatic rings. The van der Waals surface area contributed by atoms with Crippen molar-refractivity contribution in [1.29, 1.82) is 0 Å². The molecule has 0 bridgehead atoms. The first-order chi connectivity index (χ1) is 18.9. The molecule has 0 aliphatic carbocycles. The number of nitrogens with two attached hydrogens (primary N) is 4. The van der Waals surface area contributed by atoms with E-state index in [1.54, 1.807) is 30.3 Å². The predicted octanol–water partition coefficient (Wildman–Crippen LogP) is -2.25. The summed E-state index contributed by atoms with van der Waals surface area (Å²) in [5, 5.41) is 26.1. The van der Waals surface area contributed by atoms with Crippen LogP contribution in [0.15, 0.2) is 35.3 Å². The van der Waals surface area contributed by atoms with Gasteiger partial charge in [-0.05, 0) is 44.2 Å². The largest absolute Gasteiger partial charge is 0.481 e. The number of guanidine groups is 1. The number of aliphatic imine (C=N–C) groups is 1. The maximum atomic E-state index is 13.1. The molecule has 40 heavy (non-hydrogen) atoms. The zero-order chi connectivity index (χ0) is 30.1. The van der Waals surface area contributed by atoms with E-state index in [-0.39, 0.29) is 31.8 Å². The summed E-state index contributed by atoms with van der Waals surface area (Å²) in [5.41, 5.74) is 22.5. The highest BCUT2D eigenvalue weighted by molar-refractivity contribution is 5.95. The highest BCUT2D eigenvalue weighted by Gasteiger charge is 2.31. The van der Waals surface area contributed by atoms with Crippen LogP contribution in [0.3, 0.4) is 0 Å². The summed E-state index contributed by atoms with van der Waals surface area (Å²) < 4.78 is 0. The first-order valence-electron chi connectivity index (χ1n) is 12.8. The van der Waals surface area contributed by atoms with Crippen molar-refractivity contribution in [3.63, 3.8) is 0 Å². The number of amides is 3. The lowest BCUT2D eigenvalue weighted by Crippen LogP contribution is -2.58. The molecule has 0 radical (unpaired) electrons. The summed E-state index contributed by atoms with van der Waals surface area (Å²) in [6.45, 7) is 0.589. The minimum Gasteiger partial charge on any atom is -0.481 e. The molecule has 15 heteroatoms. The smallest absolute Gasteiger partial charge is 0.326 e. The fourth-order valence-corrected chi connectivity index (χ4v) is 3.67. The minimum atomic E-state index is -1.56. The van der Waals surface area contributed by atoms with Crippen molar-refractivity contribution in [2.45, 2.75) is 69.1 Å². The molecular formula is C25H40N8O7. The monoisotopic (exact) mass is 564 g/mol. The van der Waals surface area contributed by atoms with Crippen molar-refractivity contribution in [2.24, 2.45) is 27.9 Å². The van der Waals surface area contributed by atoms with Gasteiger partial charge < -0.3 is 49.1 Å². The third kappa shape index (κ3) is 13.5. The Bertz CT molecular complexity index is 1020. The number of carbonyl (C=O) groups is 5. The number of nitrogens with one attached hydrogen (secondary N) is 3. The van der Waals surface area contributed by atoms with Gasteiger partial charge >= 0.3 is 11.9 Å². The lowest BCUT2D eigenvalue weighted by molar-refractivity contribution is -0.143. The van der Waals surface area contributed by atoms with Gasteiger partial charge in [-0.1, -0.05) is 30.3 Å². The molecule has 15 nitrogen and oxygen atoms in total. The Morgan fingerprint density at radius 1 is 0.800 bits per heavy atom. The van der Waals surface area contributed by atoms with Gasteiger partial charge in [0.25, 0.3) is 0 Å². The van der Waals surface area contributed by atoms with Crippen molar-refractivity contribution in [3.05, 3.63) is 35.9 Å². The molecule has 13 N–H and O–H groups in total. The Labute approximate surface area is 232 Å². The second-order valence-electron chi connectivity index (χ2n) is 9.15. The Hall–Kier alpha value is -4.24. The van der Waals surface area contributed by atoms with Gasteiger partial charge in [0, 0.05) is 13.0 Å². The van der Waals surface area contributed by atoms with Crippen LogP contribution in [0.5, 0.6) is 0 Å². The first-order valence-corrected chi connectivity index (χ1v) is 12.8. The molecule has 0 fully saturated rings. The van der Waals surface area contributed by atoms with E-state index in [2.05, 4.69) is 20.9 Å². The van der Waals surface area contributed by atoms with Crippen molar-refractivity contribution in [3.8, 4) is 0 Å². The summed E-state index contributed by atoms with van der Waals surface area (Å²) in [5.74, 6) is -5.25. The number of benzene rings is 1. The summed E-state index contributed by atoms with van der Waals surface area (Å²) in [7, 11) is 0. The van der Waals surface area contributed by atoms with Gasteiger partial charge in [-0.25, -0.2) is 4.79 Å². The van der Waals surface area contributed by atoms with E-state index in [1.165, 1.54) is 0 Å². The van der Waals surface area contributed by atoms with E-state index in [1.807, 2.05) is 0 Å². The number of nitrogens with zero attached hydrogens (tertiary/aromatic N) is 1. The first kappa shape index (κ1) is 33.8. The SMILES string of the molecule is NCCCCC(NC(=O)C(Cc1ccccc1)NC(=O)C(CC(=O)O)NC(=O)C(N)CCCN=C(N)N)C(=O)O. The maximum Gasteiger partial charge on any atom is 0.326 e. The molecule has 222 valence electrons. The number of carboxylic acids is 2. The molecule has 1 aromatic carbocycles. The highest BCUT2D eigenvalue weighted by Crippen LogP contribution is 2.08. The number of aliphatic carboxylic acids is 2. The summed E-state index contributed by atoms with van der Waals surface area (Å²) in [6.07, 6.45) is 0.865. The topological polar surface area (TPSA) is 278 Å². The molecule has 3 amide bonds. The molecule has 0 heterocycles. The second-order valence-corrected chi connectivity index (χ2v) is 9.15. The zero-order valence-electron chi connectivity index (χ0n) is 22.3. The van der Waals surface area contributed by atoms with Crippen LogP contribution >= 0.6 is 0 Å². The van der Waals surface area contributed by atoms with Crippen LogP contribution in [-0.4, -0.2) is 83.1 Å². The van der Waals surface area contributed by atoms with E-state index in [0.29, 0.717) is 31.4 Å². The molecule has 0 aliphatic heterocycles. The Morgan fingerprint density at radius 2 is 1.40 bits per heavy atom. The van der Waals surface area contributed by atoms with E-state index < -0.39 is 60.2 Å². The predicted molar refractivity (Wildman–Crippen MR) is 147 cm³/mol. The molecule has 0 aromatic heterocycles. The molecular weight excluding hydrogens is 524 g/mol. The fraction of sp³-hybridized carbons (Fsp3) is 0.520. The van der Waals surface area contributed by atoms with E-state index in [4.69, 9.17) is 22.9 Å². The number of hydrogen-bond donors (Lipinski definition) is 9. The molecule has 4 atom stereocenters. The average molecular weight is 565 g/mol. The van der Waals surface area contributed by atoms with Gasteiger partial charge in [0.1, 0.15) is 18.1 Å². The Balaban J connectivity index is 3.03. The third-order valence-electron chi connectivity index (χ3n) is 5.79. The summed E-state index contributed by atoms with van der Waals surface area (Å²) in [6, 6.07) is 3.50. The number of rotatable bonds is 19. The van der Waals surface area contributed by atoms with Gasteiger partial charge in [0.05, 0.1) is 12.5 Å². The fourth-order valence-electron chi connectivity index (χ4n) is 3.67. The lowest BCUT2D eigenvalue weighted by Gasteiger charge is -2.25. The van der Waals surface area contributed by atoms with Crippen molar-refractivity contribution >= 4 is 35.6 Å². The van der Waals surface area contributed by atoms with Crippen molar-refractivity contribution in [1.82, 2.24) is 16.0 Å². The summed E-state index contributed by atoms with van der Waals surface area (Å²) in [4.78, 5) is 65.8. The van der Waals surface area contributed by atoms with E-state index in [0.717, 1.165) is 0 Å². The summed E-state index contributed by atoms with van der Waals surface area (Å²) >= 11 is 0. The van der Waals surface area contributed by atoms with Gasteiger partial charge in [-0.3, -0.25) is 24.2 Å². The molecule has 0 saturated heterocycles. The third-order valence-corrected chi connectivity index (χ3v) is 5.79. The van der Waals surface area contributed by atoms with E-state index >= 15 is 0 Å². The maximum absolute atomic E-state index is 13.1. The van der Waals surface area contributed by atoms with Gasteiger partial charge in [0.2, 0.25) is 17.7 Å². The van der Waals surface area contributed by atoms with Crippen LogP contribution in [0, 0.1) is 0 Å². The zero-order valence-corrected chi connectivity index (χ0v) is 22.3. The van der Waals surface area contributed by atoms with Crippen LogP contribution in [-0.2, 0) is 30.4 Å². The van der Waals surface area contributed by atoms with Crippen LogP contribution < -0.4 is 38.9 Å². The molecule has 1 rings (SSSR count). The van der Waals surface area contributed by atoms with Crippen LogP contribution in [0.2, 0.25) is 0 Å². The average Bonchev–Trinajstić information content (AvgIpc) is 2.89. The molecule has 0 saturated carbocycles. The second kappa shape index (κ2) is 18.1. The standard InChI is InChI=1S/C25H40N8O7/c26-11-5-4-10-17(24(39)40)31-22(37)18(13-15-7-2-1-3-8-15)33-23(38)19(14-20(34)35)32-21(36)16(27)9-6-12-30-25(28)29/h1-3,7-8,16-19H,4-6,9-14,26-27H2,(H,31,37)(H,32,36)(H,33,38)(H,34,35)(H,39,40)(H4,28,29,30). The molecule has 0 spiro atoms. The van der Waals surface area contributed by atoms with Gasteiger partial charge in [0.15, 0.2) is 5.96 Å². The van der Waals surface area contributed by atoms with Gasteiger partial charge in [-0.15, -0.1) is 0 Å². The number of unbranched alkanes of at least 4 members (excludes halogenated alkanes) is 1. The normalized spacial score (nSPS) is 13.7. The van der Waals surface area contributed by atoms with Crippen LogP contribution in [0.25, 0.3) is 0 Å². The van der Waals surface area contributed by atoms with Gasteiger partial charge in [-0.2, -0.15) is 0 Å². The Kier molecular flexibility index (Phi) is 15.3. The quantitative estimate of drug-likeness (QED) is 0.0491. The Morgan fingerprint density at radius 3 is 1.98 bits per heavy atom. The van der Waals surface area contributed by atoms with E-state index in [9.17, 15) is 34.2 Å². The number of hydrogen-bond acceptors (Lipinski definition) is 8. The molecule has 0 aliphatic rings. The van der Waals surface area contributed by atoms with Crippen molar-refractivity contribution in [2.75, 3.05) is 13.1 Å². The number of carbonyl (C=O) groups excluding carboxylic acids is 3. The minimum absolute atomic E-state index is 0.0222.